The van der Waals surface area contributed by atoms with Crippen molar-refractivity contribution >= 4 is 0 Å². The van der Waals surface area contributed by atoms with Gasteiger partial charge < -0.3 is 9.47 Å². The molecule has 0 radical (unpaired) electrons. The predicted molar refractivity (Wildman–Crippen MR) is 128 cm³/mol. The maximum absolute atomic E-state index is 6.39. The molecule has 1 saturated carbocycles. The van der Waals surface area contributed by atoms with Gasteiger partial charge in [-0.25, -0.2) is 0 Å². The third-order valence-electron chi connectivity index (χ3n) is 6.25. The highest BCUT2D eigenvalue weighted by Gasteiger charge is 2.28. The van der Waals surface area contributed by atoms with Crippen molar-refractivity contribution in [3.05, 3.63) is 108 Å². The molecule has 0 saturated heterocycles. The van der Waals surface area contributed by atoms with Crippen molar-refractivity contribution in [1.29, 1.82) is 0 Å². The van der Waals surface area contributed by atoms with Crippen LogP contribution >= 0.6 is 0 Å². The first-order valence-electron chi connectivity index (χ1n) is 11.4. The van der Waals surface area contributed by atoms with Gasteiger partial charge in [-0.05, 0) is 53.9 Å². The second-order valence-electron chi connectivity index (χ2n) is 8.42. The van der Waals surface area contributed by atoms with E-state index in [1.165, 1.54) is 36.8 Å². The summed E-state index contributed by atoms with van der Waals surface area (Å²) >= 11 is 0. The molecule has 2 atom stereocenters. The van der Waals surface area contributed by atoms with Crippen molar-refractivity contribution in [2.24, 2.45) is 5.92 Å². The van der Waals surface area contributed by atoms with Crippen molar-refractivity contribution in [2.45, 2.75) is 51.2 Å². The smallest absolute Gasteiger partial charge is 0.126 e. The Bertz CT molecular complexity index is 949. The summed E-state index contributed by atoms with van der Waals surface area (Å²) in [6.45, 7) is 5.12. The van der Waals surface area contributed by atoms with Gasteiger partial charge in [-0.3, -0.25) is 0 Å². The topological polar surface area (TPSA) is 18.5 Å². The number of allylic oxidation sites excluding steroid dienone is 1. The molecule has 1 aliphatic rings. The van der Waals surface area contributed by atoms with Crippen molar-refractivity contribution in [1.82, 2.24) is 0 Å². The maximum atomic E-state index is 6.39. The summed E-state index contributed by atoms with van der Waals surface area (Å²) in [5.74, 6) is 2.96. The summed E-state index contributed by atoms with van der Waals surface area (Å²) in [6.07, 6.45) is 8.21. The highest BCUT2D eigenvalue weighted by Crippen LogP contribution is 2.44. The highest BCUT2D eigenvalue weighted by atomic mass is 16.5. The minimum Gasteiger partial charge on any atom is -0.489 e. The lowest BCUT2D eigenvalue weighted by Crippen LogP contribution is -2.18. The van der Waals surface area contributed by atoms with Crippen LogP contribution in [0.25, 0.3) is 0 Å². The average molecular weight is 413 g/mol. The standard InChI is InChI=1S/C29H32O2/c1-2-11-25-16-9-10-17-27(25)28-19-18-26(30-21-23-12-5-3-6-13-23)20-29(28)31-22-24-14-7-4-8-15-24/h2-8,12-15,18-20,25,27H,1,9-11,16-17,21-22H2/t25-,27-/m1/s1. The lowest BCUT2D eigenvalue weighted by atomic mass is 9.74. The van der Waals surface area contributed by atoms with E-state index < -0.39 is 0 Å². The molecule has 0 amide bonds. The molecule has 31 heavy (non-hydrogen) atoms. The quantitative estimate of drug-likeness (QED) is 0.335. The number of benzene rings is 3. The van der Waals surface area contributed by atoms with Crippen LogP contribution in [0.5, 0.6) is 11.5 Å². The Labute approximate surface area is 186 Å². The molecule has 0 aromatic heterocycles. The number of ether oxygens (including phenoxy) is 2. The van der Waals surface area contributed by atoms with E-state index in [0.717, 1.165) is 23.5 Å². The molecule has 0 N–H and O–H groups in total. The van der Waals surface area contributed by atoms with E-state index in [0.29, 0.717) is 25.0 Å². The molecule has 160 valence electrons. The molecule has 1 aliphatic carbocycles. The van der Waals surface area contributed by atoms with Gasteiger partial charge in [0.1, 0.15) is 24.7 Å². The van der Waals surface area contributed by atoms with Crippen LogP contribution in [0.15, 0.2) is 91.5 Å². The van der Waals surface area contributed by atoms with Gasteiger partial charge in [-0.1, -0.05) is 85.6 Å². The zero-order chi connectivity index (χ0) is 21.3. The molecule has 2 nitrogen and oxygen atoms in total. The molecule has 1 fully saturated rings. The van der Waals surface area contributed by atoms with Crippen LogP contribution in [0, 0.1) is 5.92 Å². The van der Waals surface area contributed by atoms with Gasteiger partial charge in [0.05, 0.1) is 0 Å². The van der Waals surface area contributed by atoms with Gasteiger partial charge in [0.2, 0.25) is 0 Å². The van der Waals surface area contributed by atoms with E-state index in [-0.39, 0.29) is 0 Å². The zero-order valence-corrected chi connectivity index (χ0v) is 18.2. The summed E-state index contributed by atoms with van der Waals surface area (Å²) in [5.41, 5.74) is 3.65. The first-order chi connectivity index (χ1) is 15.3. The Morgan fingerprint density at radius 2 is 1.42 bits per heavy atom. The zero-order valence-electron chi connectivity index (χ0n) is 18.2. The first-order valence-corrected chi connectivity index (χ1v) is 11.4. The SMILES string of the molecule is C=CC[C@@H]1CCCC[C@H]1c1ccc(OCc2ccccc2)cc1OCc1ccccc1. The molecule has 3 aromatic carbocycles. The fourth-order valence-electron chi connectivity index (χ4n) is 4.63. The summed E-state index contributed by atoms with van der Waals surface area (Å²) in [5, 5.41) is 0. The number of hydrogen-bond acceptors (Lipinski definition) is 2. The lowest BCUT2D eigenvalue weighted by molar-refractivity contribution is 0.269. The molecular formula is C29H32O2. The van der Waals surface area contributed by atoms with Crippen LogP contribution in [0.1, 0.15) is 54.7 Å². The Morgan fingerprint density at radius 3 is 2.10 bits per heavy atom. The Hall–Kier alpha value is -3.00. The normalized spacial score (nSPS) is 18.3. The van der Waals surface area contributed by atoms with E-state index in [2.05, 4.69) is 67.3 Å². The number of rotatable bonds is 9. The van der Waals surface area contributed by atoms with E-state index in [9.17, 15) is 0 Å². The molecule has 2 heteroatoms. The summed E-state index contributed by atoms with van der Waals surface area (Å²) < 4.78 is 12.5. The van der Waals surface area contributed by atoms with Gasteiger partial charge in [-0.2, -0.15) is 0 Å². The Morgan fingerprint density at radius 1 is 0.774 bits per heavy atom. The van der Waals surface area contributed by atoms with E-state index in [4.69, 9.17) is 9.47 Å². The molecule has 3 aromatic rings. The average Bonchev–Trinajstić information content (AvgIpc) is 2.83. The summed E-state index contributed by atoms with van der Waals surface area (Å²) in [7, 11) is 0. The van der Waals surface area contributed by atoms with E-state index in [1.54, 1.807) is 0 Å². The van der Waals surface area contributed by atoms with Crippen LogP contribution < -0.4 is 9.47 Å². The van der Waals surface area contributed by atoms with E-state index in [1.807, 2.05) is 24.3 Å². The fraction of sp³-hybridized carbons (Fsp3) is 0.310. The molecule has 0 aliphatic heterocycles. The maximum Gasteiger partial charge on any atom is 0.126 e. The molecule has 4 rings (SSSR count). The third kappa shape index (κ3) is 5.79. The number of hydrogen-bond donors (Lipinski definition) is 0. The van der Waals surface area contributed by atoms with Gasteiger partial charge in [0, 0.05) is 6.07 Å². The molecular weight excluding hydrogens is 380 g/mol. The molecule has 0 unspecified atom stereocenters. The fourth-order valence-corrected chi connectivity index (χ4v) is 4.63. The van der Waals surface area contributed by atoms with Crippen LogP contribution in [0.3, 0.4) is 0 Å². The largest absolute Gasteiger partial charge is 0.489 e. The monoisotopic (exact) mass is 412 g/mol. The molecule has 0 heterocycles. The van der Waals surface area contributed by atoms with Crippen molar-refractivity contribution in [2.75, 3.05) is 0 Å². The van der Waals surface area contributed by atoms with Crippen LogP contribution in [-0.4, -0.2) is 0 Å². The minimum atomic E-state index is 0.515. The minimum absolute atomic E-state index is 0.515. The van der Waals surface area contributed by atoms with Crippen LogP contribution in [-0.2, 0) is 13.2 Å². The van der Waals surface area contributed by atoms with Crippen molar-refractivity contribution in [3.63, 3.8) is 0 Å². The van der Waals surface area contributed by atoms with Crippen LogP contribution in [0.2, 0.25) is 0 Å². The second-order valence-corrected chi connectivity index (χ2v) is 8.42. The third-order valence-corrected chi connectivity index (χ3v) is 6.25. The first kappa shape index (κ1) is 21.2. The molecule has 0 spiro atoms. The predicted octanol–water partition coefficient (Wildman–Crippen LogP) is 7.69. The van der Waals surface area contributed by atoms with Gasteiger partial charge in [-0.15, -0.1) is 6.58 Å². The Kier molecular flexibility index (Phi) is 7.44. The Balaban J connectivity index is 1.57. The molecule has 0 bridgehead atoms. The summed E-state index contributed by atoms with van der Waals surface area (Å²) in [6, 6.07) is 27.1. The van der Waals surface area contributed by atoms with E-state index >= 15 is 0 Å². The highest BCUT2D eigenvalue weighted by molar-refractivity contribution is 5.43. The van der Waals surface area contributed by atoms with Gasteiger partial charge >= 0.3 is 0 Å². The van der Waals surface area contributed by atoms with Gasteiger partial charge in [0.15, 0.2) is 0 Å². The van der Waals surface area contributed by atoms with Crippen molar-refractivity contribution in [3.8, 4) is 11.5 Å². The summed E-state index contributed by atoms with van der Waals surface area (Å²) in [4.78, 5) is 0. The van der Waals surface area contributed by atoms with Crippen LogP contribution in [0.4, 0.5) is 0 Å². The lowest BCUT2D eigenvalue weighted by Gasteiger charge is -2.32. The second kappa shape index (κ2) is 10.9. The van der Waals surface area contributed by atoms with Gasteiger partial charge in [0.25, 0.3) is 0 Å². The van der Waals surface area contributed by atoms with Crippen molar-refractivity contribution < 1.29 is 9.47 Å².